The van der Waals surface area contributed by atoms with Gasteiger partial charge in [-0.1, -0.05) is 0 Å². The molecule has 2 N–H and O–H groups in total. The van der Waals surface area contributed by atoms with Crippen LogP contribution in [0.25, 0.3) is 0 Å². The van der Waals surface area contributed by atoms with Crippen LogP contribution in [0.15, 0.2) is 0 Å². The van der Waals surface area contributed by atoms with Crippen molar-refractivity contribution in [2.75, 3.05) is 23.5 Å². The second-order valence-electron chi connectivity index (χ2n) is 4.55. The van der Waals surface area contributed by atoms with Crippen molar-refractivity contribution in [3.8, 4) is 0 Å². The van der Waals surface area contributed by atoms with E-state index in [9.17, 15) is 0 Å². The molecule has 1 saturated heterocycles. The number of thioether (sulfide) groups is 1. The Morgan fingerprint density at radius 3 is 2.76 bits per heavy atom. The SMILES string of the molecule is Cc1nnc(N(C)C2CCSC2)c(CN)c1C. The summed E-state index contributed by atoms with van der Waals surface area (Å²) in [6.07, 6.45) is 1.22. The maximum Gasteiger partial charge on any atom is 0.156 e. The number of hydrogen-bond donors (Lipinski definition) is 1. The van der Waals surface area contributed by atoms with Crippen molar-refractivity contribution in [2.45, 2.75) is 32.9 Å². The van der Waals surface area contributed by atoms with Gasteiger partial charge in [0.25, 0.3) is 0 Å². The maximum atomic E-state index is 5.86. The Kier molecular flexibility index (Phi) is 3.89. The molecule has 5 heteroatoms. The summed E-state index contributed by atoms with van der Waals surface area (Å²) in [6, 6.07) is 0.571. The van der Waals surface area contributed by atoms with Gasteiger partial charge >= 0.3 is 0 Å². The molecule has 17 heavy (non-hydrogen) atoms. The average molecular weight is 252 g/mol. The topological polar surface area (TPSA) is 55.0 Å². The minimum absolute atomic E-state index is 0.529. The van der Waals surface area contributed by atoms with E-state index in [4.69, 9.17) is 5.73 Å². The molecule has 1 fully saturated rings. The molecule has 0 radical (unpaired) electrons. The lowest BCUT2D eigenvalue weighted by molar-refractivity contribution is 0.678. The number of nitrogens with zero attached hydrogens (tertiary/aromatic N) is 3. The molecule has 1 aromatic heterocycles. The molecule has 4 nitrogen and oxygen atoms in total. The van der Waals surface area contributed by atoms with E-state index in [1.165, 1.54) is 23.5 Å². The molecule has 1 atom stereocenters. The Morgan fingerprint density at radius 2 is 2.18 bits per heavy atom. The van der Waals surface area contributed by atoms with Crippen LogP contribution in [-0.2, 0) is 6.54 Å². The van der Waals surface area contributed by atoms with Crippen molar-refractivity contribution in [3.05, 3.63) is 16.8 Å². The molecule has 1 aliphatic rings. The standard InChI is InChI=1S/C12H20N4S/c1-8-9(2)14-15-12(11(8)6-13)16(3)10-4-5-17-7-10/h10H,4-7,13H2,1-3H3. The first-order chi connectivity index (χ1) is 8.15. The number of nitrogens with two attached hydrogens (primary N) is 1. The van der Waals surface area contributed by atoms with Crippen molar-refractivity contribution >= 4 is 17.6 Å². The summed E-state index contributed by atoms with van der Waals surface area (Å²) in [4.78, 5) is 2.25. The van der Waals surface area contributed by atoms with E-state index in [-0.39, 0.29) is 0 Å². The largest absolute Gasteiger partial charge is 0.354 e. The summed E-state index contributed by atoms with van der Waals surface area (Å²) in [5.74, 6) is 3.38. The van der Waals surface area contributed by atoms with Crippen molar-refractivity contribution in [3.63, 3.8) is 0 Å². The highest BCUT2D eigenvalue weighted by molar-refractivity contribution is 7.99. The monoisotopic (exact) mass is 252 g/mol. The molecule has 0 bridgehead atoms. The normalized spacial score (nSPS) is 19.6. The van der Waals surface area contributed by atoms with E-state index in [0.717, 1.165) is 17.1 Å². The first-order valence-electron chi connectivity index (χ1n) is 5.98. The molecule has 0 aromatic carbocycles. The van der Waals surface area contributed by atoms with E-state index < -0.39 is 0 Å². The van der Waals surface area contributed by atoms with Gasteiger partial charge in [-0.15, -0.1) is 5.10 Å². The van der Waals surface area contributed by atoms with Crippen LogP contribution in [0, 0.1) is 13.8 Å². The predicted octanol–water partition coefficient (Wildman–Crippen LogP) is 1.49. The summed E-state index contributed by atoms with van der Waals surface area (Å²) >= 11 is 2.00. The zero-order chi connectivity index (χ0) is 12.4. The van der Waals surface area contributed by atoms with Crippen molar-refractivity contribution < 1.29 is 0 Å². The van der Waals surface area contributed by atoms with Gasteiger partial charge in [0, 0.05) is 31.0 Å². The Bertz CT molecular complexity index is 402. The fraction of sp³-hybridized carbons (Fsp3) is 0.667. The number of anilines is 1. The Hall–Kier alpha value is -0.810. The van der Waals surface area contributed by atoms with Gasteiger partial charge in [0.1, 0.15) is 0 Å². The summed E-state index contributed by atoms with van der Waals surface area (Å²) in [6.45, 7) is 4.59. The fourth-order valence-corrected chi connectivity index (χ4v) is 3.44. The molecule has 1 unspecified atom stereocenters. The van der Waals surface area contributed by atoms with E-state index in [0.29, 0.717) is 12.6 Å². The second kappa shape index (κ2) is 5.23. The first-order valence-corrected chi connectivity index (χ1v) is 7.14. The Labute approximate surface area is 107 Å². The smallest absolute Gasteiger partial charge is 0.156 e. The Balaban J connectivity index is 2.33. The molecular weight excluding hydrogens is 232 g/mol. The third-order valence-corrected chi connectivity index (χ3v) is 4.70. The highest BCUT2D eigenvalue weighted by Crippen LogP contribution is 2.28. The highest BCUT2D eigenvalue weighted by Gasteiger charge is 2.23. The van der Waals surface area contributed by atoms with Crippen LogP contribution >= 0.6 is 11.8 Å². The van der Waals surface area contributed by atoms with Crippen LogP contribution in [0.1, 0.15) is 23.2 Å². The minimum Gasteiger partial charge on any atom is -0.354 e. The molecule has 0 aliphatic carbocycles. The van der Waals surface area contributed by atoms with Gasteiger partial charge in [-0.05, 0) is 31.6 Å². The lowest BCUT2D eigenvalue weighted by atomic mass is 10.1. The van der Waals surface area contributed by atoms with Crippen LogP contribution in [0.2, 0.25) is 0 Å². The predicted molar refractivity (Wildman–Crippen MR) is 73.5 cm³/mol. The van der Waals surface area contributed by atoms with Gasteiger partial charge in [0.2, 0.25) is 0 Å². The fourth-order valence-electron chi connectivity index (χ4n) is 2.17. The van der Waals surface area contributed by atoms with Gasteiger partial charge in [-0.3, -0.25) is 0 Å². The van der Waals surface area contributed by atoms with Gasteiger partial charge in [-0.25, -0.2) is 0 Å². The second-order valence-corrected chi connectivity index (χ2v) is 5.69. The van der Waals surface area contributed by atoms with E-state index in [1.54, 1.807) is 0 Å². The van der Waals surface area contributed by atoms with Crippen molar-refractivity contribution in [1.82, 2.24) is 10.2 Å². The minimum atomic E-state index is 0.529. The van der Waals surface area contributed by atoms with Crippen LogP contribution < -0.4 is 10.6 Å². The quantitative estimate of drug-likeness (QED) is 0.883. The summed E-state index contributed by atoms with van der Waals surface area (Å²) in [7, 11) is 2.11. The number of aromatic nitrogens is 2. The molecular formula is C12H20N4S. The van der Waals surface area contributed by atoms with Gasteiger partial charge in [-0.2, -0.15) is 16.9 Å². The van der Waals surface area contributed by atoms with Gasteiger partial charge in [0.15, 0.2) is 5.82 Å². The lowest BCUT2D eigenvalue weighted by Crippen LogP contribution is -2.33. The molecule has 94 valence electrons. The molecule has 1 aromatic rings. The number of aryl methyl sites for hydroxylation is 1. The molecule has 2 heterocycles. The van der Waals surface area contributed by atoms with Crippen LogP contribution in [-0.4, -0.2) is 34.8 Å². The molecule has 0 spiro atoms. The van der Waals surface area contributed by atoms with Crippen LogP contribution in [0.4, 0.5) is 5.82 Å². The highest BCUT2D eigenvalue weighted by atomic mass is 32.2. The van der Waals surface area contributed by atoms with Gasteiger partial charge < -0.3 is 10.6 Å². The number of hydrogen-bond acceptors (Lipinski definition) is 5. The lowest BCUT2D eigenvalue weighted by Gasteiger charge is -2.27. The zero-order valence-electron chi connectivity index (χ0n) is 10.7. The molecule has 0 amide bonds. The summed E-state index contributed by atoms with van der Waals surface area (Å²) in [5, 5.41) is 8.57. The molecule has 0 saturated carbocycles. The molecule has 2 rings (SSSR count). The molecule has 1 aliphatic heterocycles. The van der Waals surface area contributed by atoms with Gasteiger partial charge in [0.05, 0.1) is 5.69 Å². The van der Waals surface area contributed by atoms with E-state index in [1.807, 2.05) is 18.7 Å². The van der Waals surface area contributed by atoms with E-state index in [2.05, 4.69) is 29.1 Å². The summed E-state index contributed by atoms with van der Waals surface area (Å²) < 4.78 is 0. The van der Waals surface area contributed by atoms with Crippen LogP contribution in [0.5, 0.6) is 0 Å². The first kappa shape index (κ1) is 12.6. The average Bonchev–Trinajstić information content (AvgIpc) is 2.85. The van der Waals surface area contributed by atoms with Crippen LogP contribution in [0.3, 0.4) is 0 Å². The van der Waals surface area contributed by atoms with Crippen molar-refractivity contribution in [1.29, 1.82) is 0 Å². The maximum absolute atomic E-state index is 5.86. The third-order valence-electron chi connectivity index (χ3n) is 3.55. The van der Waals surface area contributed by atoms with Crippen molar-refractivity contribution in [2.24, 2.45) is 5.73 Å². The third kappa shape index (κ3) is 2.40. The van der Waals surface area contributed by atoms with E-state index >= 15 is 0 Å². The zero-order valence-corrected chi connectivity index (χ0v) is 11.5. The summed E-state index contributed by atoms with van der Waals surface area (Å²) in [5.41, 5.74) is 9.14. The Morgan fingerprint density at radius 1 is 1.41 bits per heavy atom. The number of rotatable bonds is 3.